The Morgan fingerprint density at radius 2 is 2.05 bits per heavy atom. The fourth-order valence-electron chi connectivity index (χ4n) is 2.23. The molecule has 22 heavy (non-hydrogen) atoms. The lowest BCUT2D eigenvalue weighted by atomic mass is 10.0. The van der Waals surface area contributed by atoms with Gasteiger partial charge in [0, 0.05) is 24.5 Å². The van der Waals surface area contributed by atoms with E-state index in [9.17, 15) is 14.3 Å². The molecular formula is C16H18FN3O2. The minimum atomic E-state index is -0.461. The molecule has 2 aromatic rings. The maximum absolute atomic E-state index is 13.6. The molecule has 0 aliphatic carbocycles. The highest BCUT2D eigenvalue weighted by molar-refractivity contribution is 6.00. The summed E-state index contributed by atoms with van der Waals surface area (Å²) in [5, 5.41) is 9.28. The van der Waals surface area contributed by atoms with Crippen molar-refractivity contribution in [3.8, 4) is 11.4 Å². The zero-order chi connectivity index (χ0) is 16.1. The Morgan fingerprint density at radius 1 is 1.36 bits per heavy atom. The van der Waals surface area contributed by atoms with Crippen LogP contribution in [0.2, 0.25) is 0 Å². The van der Waals surface area contributed by atoms with Crippen LogP contribution in [0.25, 0.3) is 11.4 Å². The van der Waals surface area contributed by atoms with Gasteiger partial charge >= 0.3 is 0 Å². The van der Waals surface area contributed by atoms with Crippen molar-refractivity contribution in [2.24, 2.45) is 0 Å². The predicted octanol–water partition coefficient (Wildman–Crippen LogP) is 2.13. The van der Waals surface area contributed by atoms with Gasteiger partial charge in [0.05, 0.1) is 18.2 Å². The van der Waals surface area contributed by atoms with Gasteiger partial charge in [-0.05, 0) is 38.1 Å². The Bertz CT molecular complexity index is 649. The molecule has 116 valence electrons. The van der Waals surface area contributed by atoms with E-state index in [-0.39, 0.29) is 24.4 Å². The molecule has 0 spiro atoms. The molecule has 1 atom stereocenters. The fourth-order valence-corrected chi connectivity index (χ4v) is 2.23. The number of hydrogen-bond donors (Lipinski definition) is 1. The summed E-state index contributed by atoms with van der Waals surface area (Å²) < 4.78 is 13.6. The number of carbonyl (C=O) groups excluding carboxylic acids is 1. The minimum Gasteiger partial charge on any atom is -0.394 e. The Kier molecular flexibility index (Phi) is 5.16. The molecule has 0 fully saturated rings. The normalized spacial score (nSPS) is 12.0. The van der Waals surface area contributed by atoms with Crippen LogP contribution in [0.3, 0.4) is 0 Å². The summed E-state index contributed by atoms with van der Waals surface area (Å²) in [6.07, 6.45) is 3.07. The van der Waals surface area contributed by atoms with Gasteiger partial charge in [-0.15, -0.1) is 0 Å². The van der Waals surface area contributed by atoms with Crippen LogP contribution in [0.1, 0.15) is 24.2 Å². The predicted molar refractivity (Wildman–Crippen MR) is 80.7 cm³/mol. The molecule has 0 radical (unpaired) electrons. The topological polar surface area (TPSA) is 66.3 Å². The van der Waals surface area contributed by atoms with Gasteiger partial charge in [0.15, 0.2) is 5.82 Å². The number of aromatic nitrogens is 2. The maximum Gasteiger partial charge on any atom is 0.254 e. The standard InChI is InChI=1S/C16H18FN3O2/c1-3-20(11(2)10-21)16(22)13-6-5-12(17)9-14(13)15-18-7-4-8-19-15/h4-9,11,21H,3,10H2,1-2H3/t11-/m0/s1. The molecule has 0 saturated heterocycles. The Morgan fingerprint density at radius 3 is 2.64 bits per heavy atom. The molecule has 0 aliphatic heterocycles. The third-order valence-electron chi connectivity index (χ3n) is 3.42. The molecule has 1 heterocycles. The summed E-state index contributed by atoms with van der Waals surface area (Å²) in [6, 6.07) is 5.23. The van der Waals surface area contributed by atoms with E-state index in [2.05, 4.69) is 9.97 Å². The molecule has 0 saturated carbocycles. The lowest BCUT2D eigenvalue weighted by Crippen LogP contribution is -2.40. The van der Waals surface area contributed by atoms with Crippen LogP contribution in [0.5, 0.6) is 0 Å². The number of halogens is 1. The fraction of sp³-hybridized carbons (Fsp3) is 0.312. The summed E-state index contributed by atoms with van der Waals surface area (Å²) >= 11 is 0. The van der Waals surface area contributed by atoms with Crippen molar-refractivity contribution in [1.29, 1.82) is 0 Å². The smallest absolute Gasteiger partial charge is 0.254 e. The number of benzene rings is 1. The molecule has 5 nitrogen and oxygen atoms in total. The van der Waals surface area contributed by atoms with Crippen LogP contribution in [0.15, 0.2) is 36.7 Å². The van der Waals surface area contributed by atoms with Crippen LogP contribution < -0.4 is 0 Å². The van der Waals surface area contributed by atoms with Crippen molar-refractivity contribution >= 4 is 5.91 Å². The molecule has 1 aromatic carbocycles. The average Bonchev–Trinajstić information content (AvgIpc) is 2.55. The Hall–Kier alpha value is -2.34. The zero-order valence-corrected chi connectivity index (χ0v) is 12.5. The number of amides is 1. The van der Waals surface area contributed by atoms with E-state index in [1.807, 2.05) is 6.92 Å². The van der Waals surface area contributed by atoms with Crippen LogP contribution >= 0.6 is 0 Å². The molecule has 1 N–H and O–H groups in total. The van der Waals surface area contributed by atoms with E-state index < -0.39 is 5.82 Å². The van der Waals surface area contributed by atoms with Gasteiger partial charge in [-0.1, -0.05) is 0 Å². The number of aliphatic hydroxyl groups is 1. The quantitative estimate of drug-likeness (QED) is 0.919. The summed E-state index contributed by atoms with van der Waals surface area (Å²) in [6.45, 7) is 3.88. The van der Waals surface area contributed by atoms with Crippen LogP contribution in [0.4, 0.5) is 4.39 Å². The van der Waals surface area contributed by atoms with Gasteiger partial charge in [0.2, 0.25) is 0 Å². The van der Waals surface area contributed by atoms with Gasteiger partial charge in [-0.25, -0.2) is 14.4 Å². The maximum atomic E-state index is 13.6. The first-order valence-corrected chi connectivity index (χ1v) is 7.07. The van der Waals surface area contributed by atoms with Crippen molar-refractivity contribution in [3.63, 3.8) is 0 Å². The van der Waals surface area contributed by atoms with Gasteiger partial charge in [-0.2, -0.15) is 0 Å². The summed E-state index contributed by atoms with van der Waals surface area (Å²) in [4.78, 5) is 22.4. The van der Waals surface area contributed by atoms with Gasteiger partial charge in [0.1, 0.15) is 5.82 Å². The number of likely N-dealkylation sites (N-methyl/N-ethyl adjacent to an activating group) is 1. The molecule has 0 bridgehead atoms. The van der Waals surface area contributed by atoms with Crippen LogP contribution in [-0.2, 0) is 0 Å². The third kappa shape index (κ3) is 3.28. The number of hydrogen-bond acceptors (Lipinski definition) is 4. The van der Waals surface area contributed by atoms with E-state index in [0.29, 0.717) is 17.7 Å². The molecule has 0 unspecified atom stereocenters. The third-order valence-corrected chi connectivity index (χ3v) is 3.42. The van der Waals surface area contributed by atoms with Crippen LogP contribution in [-0.4, -0.2) is 45.1 Å². The largest absolute Gasteiger partial charge is 0.394 e. The molecule has 1 amide bonds. The number of nitrogens with zero attached hydrogens (tertiary/aromatic N) is 3. The Balaban J connectivity index is 2.49. The average molecular weight is 303 g/mol. The van der Waals surface area contributed by atoms with Gasteiger partial charge in [0.25, 0.3) is 5.91 Å². The van der Waals surface area contributed by atoms with Crippen molar-refractivity contribution in [1.82, 2.24) is 14.9 Å². The molecule has 2 rings (SSSR count). The number of aliphatic hydroxyl groups excluding tert-OH is 1. The number of rotatable bonds is 5. The second-order valence-corrected chi connectivity index (χ2v) is 4.89. The van der Waals surface area contributed by atoms with E-state index in [1.54, 1.807) is 13.0 Å². The highest BCUT2D eigenvalue weighted by Gasteiger charge is 2.23. The van der Waals surface area contributed by atoms with E-state index in [1.165, 1.54) is 35.5 Å². The minimum absolute atomic E-state index is 0.141. The van der Waals surface area contributed by atoms with E-state index >= 15 is 0 Å². The highest BCUT2D eigenvalue weighted by Crippen LogP contribution is 2.23. The lowest BCUT2D eigenvalue weighted by Gasteiger charge is -2.27. The molecular weight excluding hydrogens is 285 g/mol. The zero-order valence-electron chi connectivity index (χ0n) is 12.5. The molecule has 0 aliphatic rings. The number of carbonyl (C=O) groups is 1. The van der Waals surface area contributed by atoms with Gasteiger partial charge < -0.3 is 10.0 Å². The lowest BCUT2D eigenvalue weighted by molar-refractivity contribution is 0.0633. The Labute approximate surface area is 128 Å². The first-order valence-electron chi connectivity index (χ1n) is 7.07. The summed E-state index contributed by atoms with van der Waals surface area (Å²) in [5.74, 6) is -0.457. The van der Waals surface area contributed by atoms with Crippen molar-refractivity contribution in [2.45, 2.75) is 19.9 Å². The van der Waals surface area contributed by atoms with E-state index in [4.69, 9.17) is 0 Å². The molecule has 1 aromatic heterocycles. The van der Waals surface area contributed by atoms with Crippen molar-refractivity contribution in [3.05, 3.63) is 48.0 Å². The van der Waals surface area contributed by atoms with E-state index in [0.717, 1.165) is 0 Å². The monoisotopic (exact) mass is 303 g/mol. The molecule has 6 heteroatoms. The summed E-state index contributed by atoms with van der Waals surface area (Å²) in [7, 11) is 0. The van der Waals surface area contributed by atoms with Crippen molar-refractivity contribution in [2.75, 3.05) is 13.2 Å². The second-order valence-electron chi connectivity index (χ2n) is 4.89. The first-order chi connectivity index (χ1) is 10.6. The first kappa shape index (κ1) is 16.0. The highest BCUT2D eigenvalue weighted by atomic mass is 19.1. The SMILES string of the molecule is CCN(C(=O)c1ccc(F)cc1-c1ncccn1)[C@@H](C)CO. The second kappa shape index (κ2) is 7.09. The van der Waals surface area contributed by atoms with Crippen LogP contribution in [0, 0.1) is 5.82 Å². The summed E-state index contributed by atoms with van der Waals surface area (Å²) in [5.41, 5.74) is 0.656. The van der Waals surface area contributed by atoms with Gasteiger partial charge in [-0.3, -0.25) is 4.79 Å². The van der Waals surface area contributed by atoms with Crippen molar-refractivity contribution < 1.29 is 14.3 Å².